The van der Waals surface area contributed by atoms with Gasteiger partial charge in [-0.15, -0.1) is 0 Å². The molecule has 1 aromatic heterocycles. The molecule has 21 heavy (non-hydrogen) atoms. The van der Waals surface area contributed by atoms with Crippen LogP contribution in [-0.4, -0.2) is 44.3 Å². The Hall–Kier alpha value is -1.62. The Morgan fingerprint density at radius 1 is 1.29 bits per heavy atom. The molecule has 0 aromatic carbocycles. The van der Waals surface area contributed by atoms with Gasteiger partial charge in [0, 0.05) is 51.7 Å². The molecule has 0 bridgehead atoms. The molecule has 0 atom stereocenters. The van der Waals surface area contributed by atoms with Crippen LogP contribution in [0, 0.1) is 5.92 Å². The van der Waals surface area contributed by atoms with E-state index in [-0.39, 0.29) is 0 Å². The molecule has 1 aromatic rings. The molecule has 0 aliphatic heterocycles. The van der Waals surface area contributed by atoms with Crippen molar-refractivity contribution in [2.75, 3.05) is 33.4 Å². The second kappa shape index (κ2) is 11.1. The quantitative estimate of drug-likeness (QED) is 0.414. The van der Waals surface area contributed by atoms with Crippen LogP contribution in [0.2, 0.25) is 0 Å². The minimum atomic E-state index is 0.596. The summed E-state index contributed by atoms with van der Waals surface area (Å²) in [5.41, 5.74) is 1.09. The van der Waals surface area contributed by atoms with Crippen molar-refractivity contribution in [2.45, 2.75) is 26.7 Å². The average Bonchev–Trinajstić information content (AvgIpc) is 2.49. The van der Waals surface area contributed by atoms with Gasteiger partial charge in [-0.3, -0.25) is 9.98 Å². The first-order valence-corrected chi connectivity index (χ1v) is 7.64. The highest BCUT2D eigenvalue weighted by atomic mass is 16.5. The zero-order valence-corrected chi connectivity index (χ0v) is 13.4. The first kappa shape index (κ1) is 17.4. The molecule has 0 aliphatic carbocycles. The number of nitrogens with one attached hydrogen (secondary N) is 2. The average molecular weight is 292 g/mol. The smallest absolute Gasteiger partial charge is 0.190 e. The molecular formula is C16H28N4O. The van der Waals surface area contributed by atoms with Gasteiger partial charge >= 0.3 is 0 Å². The minimum absolute atomic E-state index is 0.596. The predicted octanol–water partition coefficient (Wildman–Crippen LogP) is 1.85. The second-order valence-electron chi connectivity index (χ2n) is 5.32. The van der Waals surface area contributed by atoms with Crippen molar-refractivity contribution in [3.8, 4) is 0 Å². The van der Waals surface area contributed by atoms with Crippen LogP contribution >= 0.6 is 0 Å². The van der Waals surface area contributed by atoms with E-state index in [1.165, 1.54) is 0 Å². The Bertz CT molecular complexity index is 393. The Kier molecular flexibility index (Phi) is 9.20. The third-order valence-corrected chi connectivity index (χ3v) is 2.83. The summed E-state index contributed by atoms with van der Waals surface area (Å²) in [4.78, 5) is 8.49. The molecule has 5 nitrogen and oxygen atoms in total. The molecule has 5 heteroatoms. The van der Waals surface area contributed by atoms with Crippen LogP contribution < -0.4 is 10.6 Å². The molecule has 2 N–H and O–H groups in total. The van der Waals surface area contributed by atoms with Crippen molar-refractivity contribution in [1.29, 1.82) is 0 Å². The monoisotopic (exact) mass is 292 g/mol. The zero-order chi connectivity index (χ0) is 15.3. The normalized spacial score (nSPS) is 11.7. The summed E-state index contributed by atoms with van der Waals surface area (Å²) in [6.07, 6.45) is 3.69. The van der Waals surface area contributed by atoms with E-state index in [0.717, 1.165) is 50.8 Å². The van der Waals surface area contributed by atoms with Gasteiger partial charge < -0.3 is 15.4 Å². The molecule has 1 rings (SSSR count). The number of nitrogens with zero attached hydrogens (tertiary/aromatic N) is 2. The van der Waals surface area contributed by atoms with Gasteiger partial charge in [0.1, 0.15) is 0 Å². The highest BCUT2D eigenvalue weighted by Crippen LogP contribution is 1.94. The van der Waals surface area contributed by atoms with Crippen molar-refractivity contribution < 1.29 is 4.74 Å². The first-order chi connectivity index (χ1) is 10.2. The van der Waals surface area contributed by atoms with E-state index >= 15 is 0 Å². The van der Waals surface area contributed by atoms with Crippen LogP contribution in [0.5, 0.6) is 0 Å². The van der Waals surface area contributed by atoms with Crippen molar-refractivity contribution in [3.05, 3.63) is 30.1 Å². The highest BCUT2D eigenvalue weighted by Gasteiger charge is 1.98. The van der Waals surface area contributed by atoms with Crippen LogP contribution in [0.1, 0.15) is 26.0 Å². The minimum Gasteiger partial charge on any atom is -0.381 e. The Morgan fingerprint density at radius 3 is 2.76 bits per heavy atom. The molecule has 0 fully saturated rings. The van der Waals surface area contributed by atoms with E-state index in [2.05, 4.69) is 34.5 Å². The summed E-state index contributed by atoms with van der Waals surface area (Å²) in [5.74, 6) is 1.42. The number of aromatic nitrogens is 1. The third kappa shape index (κ3) is 9.02. The van der Waals surface area contributed by atoms with Gasteiger partial charge in [-0.1, -0.05) is 19.9 Å². The maximum atomic E-state index is 5.54. The summed E-state index contributed by atoms with van der Waals surface area (Å²) in [7, 11) is 1.78. The summed E-state index contributed by atoms with van der Waals surface area (Å²) in [6.45, 7) is 7.62. The van der Waals surface area contributed by atoms with Gasteiger partial charge in [-0.2, -0.15) is 0 Å². The number of guanidine groups is 1. The molecule has 0 saturated heterocycles. The van der Waals surface area contributed by atoms with Gasteiger partial charge in [0.15, 0.2) is 5.96 Å². The predicted molar refractivity (Wildman–Crippen MR) is 87.6 cm³/mol. The third-order valence-electron chi connectivity index (χ3n) is 2.83. The lowest BCUT2D eigenvalue weighted by atomic mass is 10.2. The van der Waals surface area contributed by atoms with Crippen LogP contribution in [0.15, 0.2) is 29.4 Å². The molecule has 0 aliphatic rings. The van der Waals surface area contributed by atoms with Crippen LogP contribution in [0.4, 0.5) is 0 Å². The second-order valence-corrected chi connectivity index (χ2v) is 5.32. The fourth-order valence-electron chi connectivity index (χ4n) is 1.78. The van der Waals surface area contributed by atoms with Crippen molar-refractivity contribution in [3.63, 3.8) is 0 Å². The number of hydrogen-bond donors (Lipinski definition) is 2. The lowest BCUT2D eigenvalue weighted by Gasteiger charge is -2.12. The lowest BCUT2D eigenvalue weighted by Crippen LogP contribution is -2.39. The molecule has 1 heterocycles. The van der Waals surface area contributed by atoms with Crippen LogP contribution in [0.25, 0.3) is 0 Å². The van der Waals surface area contributed by atoms with Gasteiger partial charge in [0.25, 0.3) is 0 Å². The standard InChI is InChI=1S/C16H28N4O/c1-14(2)13-21-12-6-10-19-16(17-3)20-11-8-15-7-4-5-9-18-15/h4-5,7,9,14H,6,8,10-13H2,1-3H3,(H2,17,19,20). The fraction of sp³-hybridized carbons (Fsp3) is 0.625. The lowest BCUT2D eigenvalue weighted by molar-refractivity contribution is 0.108. The van der Waals surface area contributed by atoms with Gasteiger partial charge in [-0.05, 0) is 24.5 Å². The largest absolute Gasteiger partial charge is 0.381 e. The topological polar surface area (TPSA) is 58.5 Å². The Balaban J connectivity index is 2.07. The van der Waals surface area contributed by atoms with E-state index in [1.807, 2.05) is 24.4 Å². The van der Waals surface area contributed by atoms with Gasteiger partial charge in [0.05, 0.1) is 0 Å². The number of ether oxygens (including phenoxy) is 1. The van der Waals surface area contributed by atoms with E-state index in [1.54, 1.807) is 7.05 Å². The summed E-state index contributed by atoms with van der Waals surface area (Å²) in [6, 6.07) is 5.97. The zero-order valence-electron chi connectivity index (χ0n) is 13.4. The maximum absolute atomic E-state index is 5.54. The van der Waals surface area contributed by atoms with Gasteiger partial charge in [0.2, 0.25) is 0 Å². The summed E-state index contributed by atoms with van der Waals surface area (Å²) >= 11 is 0. The number of hydrogen-bond acceptors (Lipinski definition) is 3. The first-order valence-electron chi connectivity index (χ1n) is 7.64. The molecular weight excluding hydrogens is 264 g/mol. The van der Waals surface area contributed by atoms with Crippen molar-refractivity contribution in [2.24, 2.45) is 10.9 Å². The van der Waals surface area contributed by atoms with Crippen LogP contribution in [-0.2, 0) is 11.2 Å². The van der Waals surface area contributed by atoms with E-state index < -0.39 is 0 Å². The number of pyridine rings is 1. The summed E-state index contributed by atoms with van der Waals surface area (Å²) in [5, 5.41) is 6.57. The fourth-order valence-corrected chi connectivity index (χ4v) is 1.78. The van der Waals surface area contributed by atoms with E-state index in [0.29, 0.717) is 5.92 Å². The molecule has 118 valence electrons. The molecule has 0 spiro atoms. The summed E-state index contributed by atoms with van der Waals surface area (Å²) < 4.78 is 5.54. The Morgan fingerprint density at radius 2 is 2.10 bits per heavy atom. The van der Waals surface area contributed by atoms with Gasteiger partial charge in [-0.25, -0.2) is 0 Å². The SMILES string of the molecule is CN=C(NCCCOCC(C)C)NCCc1ccccn1. The molecule has 0 radical (unpaired) electrons. The highest BCUT2D eigenvalue weighted by molar-refractivity contribution is 5.79. The number of aliphatic imine (C=N–C) groups is 1. The van der Waals surface area contributed by atoms with Crippen LogP contribution in [0.3, 0.4) is 0 Å². The maximum Gasteiger partial charge on any atom is 0.190 e. The van der Waals surface area contributed by atoms with E-state index in [9.17, 15) is 0 Å². The van der Waals surface area contributed by atoms with Crippen molar-refractivity contribution >= 4 is 5.96 Å². The van der Waals surface area contributed by atoms with E-state index in [4.69, 9.17) is 4.74 Å². The molecule has 0 amide bonds. The Labute approximate surface area is 128 Å². The van der Waals surface area contributed by atoms with Crippen molar-refractivity contribution in [1.82, 2.24) is 15.6 Å². The molecule has 0 saturated carbocycles. The molecule has 0 unspecified atom stereocenters. The number of rotatable bonds is 9.